The first-order chi connectivity index (χ1) is 25.3. The first-order valence-corrected chi connectivity index (χ1v) is 18.5. The fourth-order valence-electron chi connectivity index (χ4n) is 9.28. The lowest BCUT2D eigenvalue weighted by Crippen LogP contribution is -2.69. The molecule has 4 aromatic rings. The number of carbonyl (C=O) groups excluding carboxylic acids is 2. The van der Waals surface area contributed by atoms with Crippen LogP contribution in [0.15, 0.2) is 59.4 Å². The van der Waals surface area contributed by atoms with Crippen LogP contribution < -0.4 is 30.1 Å². The van der Waals surface area contributed by atoms with E-state index in [1.807, 2.05) is 12.1 Å². The summed E-state index contributed by atoms with van der Waals surface area (Å²) in [5, 5.41) is 2.93. The average molecular weight is 704 g/mol. The van der Waals surface area contributed by atoms with Crippen molar-refractivity contribution in [2.75, 3.05) is 56.7 Å². The summed E-state index contributed by atoms with van der Waals surface area (Å²) in [6, 6.07) is 19.5. The first kappa shape index (κ1) is 32.9. The second-order valence-electron chi connectivity index (χ2n) is 15.1. The summed E-state index contributed by atoms with van der Waals surface area (Å²) in [6.45, 7) is 6.99. The maximum Gasteiger partial charge on any atom is 0.262 e. The molecule has 0 aliphatic carbocycles. The molecular formula is C40H45N7O5. The summed E-state index contributed by atoms with van der Waals surface area (Å²) >= 11 is 0. The van der Waals surface area contributed by atoms with Gasteiger partial charge < -0.3 is 24.3 Å². The normalized spacial score (nSPS) is 23.8. The van der Waals surface area contributed by atoms with E-state index in [4.69, 9.17) is 14.5 Å². The minimum absolute atomic E-state index is 0.152. The lowest BCUT2D eigenvalue weighted by atomic mass is 9.85. The third-order valence-electron chi connectivity index (χ3n) is 12.0. The summed E-state index contributed by atoms with van der Waals surface area (Å²) in [5.74, 6) is 1.92. The number of anilines is 2. The van der Waals surface area contributed by atoms with Crippen molar-refractivity contribution in [3.63, 3.8) is 0 Å². The zero-order valence-corrected chi connectivity index (χ0v) is 29.8. The minimum Gasteiger partial charge on any atom is -0.497 e. The van der Waals surface area contributed by atoms with Gasteiger partial charge in [-0.1, -0.05) is 6.07 Å². The van der Waals surface area contributed by atoms with Crippen molar-refractivity contribution >= 4 is 34.1 Å². The highest BCUT2D eigenvalue weighted by atomic mass is 16.5. The molecule has 12 nitrogen and oxygen atoms in total. The van der Waals surface area contributed by atoms with Gasteiger partial charge in [0.05, 0.1) is 25.8 Å². The van der Waals surface area contributed by atoms with Gasteiger partial charge in [-0.2, -0.15) is 0 Å². The van der Waals surface area contributed by atoms with Crippen LogP contribution >= 0.6 is 0 Å². The molecule has 12 heteroatoms. The van der Waals surface area contributed by atoms with Crippen molar-refractivity contribution in [2.45, 2.75) is 63.3 Å². The fraction of sp³-hybridized carbons (Fsp3) is 0.450. The van der Waals surface area contributed by atoms with Gasteiger partial charge in [-0.05, 0) is 79.1 Å². The number of ether oxygens (including phenoxy) is 2. The largest absolute Gasteiger partial charge is 0.497 e. The second kappa shape index (κ2) is 13.2. The van der Waals surface area contributed by atoms with Crippen LogP contribution in [-0.2, 0) is 22.7 Å². The number of fused-ring (bicyclic) bond motifs is 4. The van der Waals surface area contributed by atoms with Crippen LogP contribution in [0.2, 0.25) is 0 Å². The van der Waals surface area contributed by atoms with E-state index < -0.39 is 0 Å². The Morgan fingerprint density at radius 3 is 2.33 bits per heavy atom. The zero-order valence-electron chi connectivity index (χ0n) is 29.8. The van der Waals surface area contributed by atoms with Gasteiger partial charge in [-0.25, -0.2) is 4.98 Å². The number of benzene rings is 3. The molecule has 1 aromatic heterocycles. The van der Waals surface area contributed by atoms with Crippen LogP contribution in [0.4, 0.5) is 11.4 Å². The predicted molar refractivity (Wildman–Crippen MR) is 199 cm³/mol. The van der Waals surface area contributed by atoms with E-state index in [0.717, 1.165) is 51.4 Å². The Labute approximate surface area is 302 Å². The van der Waals surface area contributed by atoms with E-state index in [1.54, 1.807) is 19.2 Å². The predicted octanol–water partition coefficient (Wildman–Crippen LogP) is 3.91. The van der Waals surface area contributed by atoms with E-state index in [-0.39, 0.29) is 23.4 Å². The lowest BCUT2D eigenvalue weighted by molar-refractivity contribution is -0.137. The van der Waals surface area contributed by atoms with Gasteiger partial charge in [-0.15, -0.1) is 0 Å². The molecule has 52 heavy (non-hydrogen) atoms. The van der Waals surface area contributed by atoms with Crippen molar-refractivity contribution in [2.24, 2.45) is 5.92 Å². The first-order valence-electron chi connectivity index (χ1n) is 18.5. The second-order valence-corrected chi connectivity index (χ2v) is 15.1. The molecule has 5 fully saturated rings. The molecule has 2 amide bonds. The number of imide groups is 1. The number of nitrogens with one attached hydrogen (secondary N) is 2. The fourth-order valence-corrected chi connectivity index (χ4v) is 9.28. The number of nitrogens with zero attached hydrogens (tertiary/aromatic N) is 5. The number of aromatic amines is 1. The van der Waals surface area contributed by atoms with Crippen molar-refractivity contribution in [1.82, 2.24) is 25.1 Å². The third-order valence-corrected chi connectivity index (χ3v) is 12.0. The highest BCUT2D eigenvalue weighted by Gasteiger charge is 2.45. The Bertz CT molecular complexity index is 2080. The molecule has 7 heterocycles. The van der Waals surface area contributed by atoms with Crippen molar-refractivity contribution in [3.8, 4) is 22.9 Å². The molecule has 6 aliphatic heterocycles. The number of hydrogen-bond acceptors (Lipinski definition) is 10. The van der Waals surface area contributed by atoms with Crippen LogP contribution in [0.5, 0.6) is 11.5 Å². The number of carbonyl (C=O) groups is 2. The molecule has 2 N–H and O–H groups in total. The van der Waals surface area contributed by atoms with E-state index in [0.29, 0.717) is 59.1 Å². The summed E-state index contributed by atoms with van der Waals surface area (Å²) in [5.41, 5.74) is 6.25. The number of H-pyrrole nitrogens is 1. The van der Waals surface area contributed by atoms with Crippen molar-refractivity contribution < 1.29 is 19.1 Å². The summed E-state index contributed by atoms with van der Waals surface area (Å²) < 4.78 is 10.8. The monoisotopic (exact) mass is 703 g/mol. The van der Waals surface area contributed by atoms with Crippen LogP contribution in [-0.4, -0.2) is 96.7 Å². The Morgan fingerprint density at radius 2 is 1.60 bits per heavy atom. The molecule has 2 bridgehead atoms. The Hall–Kier alpha value is -4.94. The lowest BCUT2D eigenvalue weighted by Gasteiger charge is -2.58. The van der Waals surface area contributed by atoms with E-state index in [2.05, 4.69) is 60.2 Å². The molecular weight excluding hydrogens is 658 g/mol. The highest BCUT2D eigenvalue weighted by Crippen LogP contribution is 2.40. The van der Waals surface area contributed by atoms with Gasteiger partial charge >= 0.3 is 0 Å². The van der Waals surface area contributed by atoms with Crippen molar-refractivity contribution in [3.05, 3.63) is 76.1 Å². The van der Waals surface area contributed by atoms with Crippen LogP contribution in [0.1, 0.15) is 43.2 Å². The number of piperidine rings is 3. The SMILES string of the molecule is COc1cc(OC)c2c(=O)[nH]c(-c3ccc(N4CCC(CN5CC6CC(C5)N6c5ccc6c(c5)CN(C5CCC(=O)NC5=O)C6)CC4)cc3)nc2c1. The van der Waals surface area contributed by atoms with Gasteiger partial charge in [0, 0.05) is 93.4 Å². The number of hydrogen-bond donors (Lipinski definition) is 2. The molecule has 6 aliphatic rings. The molecule has 0 spiro atoms. The minimum atomic E-state index is -0.243. The van der Waals surface area contributed by atoms with Crippen molar-refractivity contribution in [1.29, 1.82) is 0 Å². The van der Waals surface area contributed by atoms with Crippen LogP contribution in [0, 0.1) is 5.92 Å². The van der Waals surface area contributed by atoms with Gasteiger partial charge in [0.15, 0.2) is 0 Å². The molecule has 3 unspecified atom stereocenters. The topological polar surface area (TPSA) is 123 Å². The molecule has 3 atom stereocenters. The number of aromatic nitrogens is 2. The molecule has 10 rings (SSSR count). The van der Waals surface area contributed by atoms with Crippen LogP contribution in [0.3, 0.4) is 0 Å². The number of methoxy groups -OCH3 is 2. The smallest absolute Gasteiger partial charge is 0.262 e. The van der Waals surface area contributed by atoms with Gasteiger partial charge in [0.25, 0.3) is 5.56 Å². The molecule has 3 aromatic carbocycles. The number of piperazine rings is 1. The quantitative estimate of drug-likeness (QED) is 0.261. The standard InChI is InChI=1S/C40H45N7O5/c1-51-32-17-33-37(35(18-32)52-2)40(50)43-38(41-33)25-3-6-28(7-4-25)45-13-11-24(12-14-45)19-44-22-30-16-31(23-44)47(30)29-8-5-26-20-46(21-27(26)15-29)34-9-10-36(48)42-39(34)49/h3-8,15,17-18,24,30-31,34H,9-14,16,19-23H2,1-2H3,(H,41,43,50)(H,42,48,49). The maximum absolute atomic E-state index is 13.0. The van der Waals surface area contributed by atoms with E-state index in [1.165, 1.54) is 48.9 Å². The summed E-state index contributed by atoms with van der Waals surface area (Å²) in [6.07, 6.45) is 4.63. The summed E-state index contributed by atoms with van der Waals surface area (Å²) in [7, 11) is 3.12. The summed E-state index contributed by atoms with van der Waals surface area (Å²) in [4.78, 5) is 54.8. The third kappa shape index (κ3) is 5.97. The number of rotatable bonds is 8. The van der Waals surface area contributed by atoms with Crippen LogP contribution in [0.25, 0.3) is 22.3 Å². The Morgan fingerprint density at radius 1 is 0.846 bits per heavy atom. The molecule has 0 radical (unpaired) electrons. The zero-order chi connectivity index (χ0) is 35.5. The van der Waals surface area contributed by atoms with Gasteiger partial charge in [0.2, 0.25) is 11.8 Å². The van der Waals surface area contributed by atoms with Gasteiger partial charge in [-0.3, -0.25) is 29.5 Å². The number of amides is 2. The molecule has 270 valence electrons. The average Bonchev–Trinajstić information content (AvgIpc) is 3.58. The Balaban J connectivity index is 0.779. The maximum atomic E-state index is 13.0. The molecule has 5 saturated heterocycles. The van der Waals surface area contributed by atoms with E-state index in [9.17, 15) is 14.4 Å². The Kier molecular flexibility index (Phi) is 8.38. The highest BCUT2D eigenvalue weighted by molar-refractivity contribution is 6.00. The van der Waals surface area contributed by atoms with Gasteiger partial charge in [0.1, 0.15) is 22.7 Å². The molecule has 0 saturated carbocycles. The van der Waals surface area contributed by atoms with E-state index >= 15 is 0 Å².